The lowest BCUT2D eigenvalue weighted by Gasteiger charge is -2.28. The number of carbonyl (C=O) groups excluding carboxylic acids is 1. The number of carboxylic acid groups (broad SMARTS) is 1. The van der Waals surface area contributed by atoms with E-state index in [1.807, 2.05) is 13.8 Å². The number of sulfonamides is 1. The van der Waals surface area contributed by atoms with Gasteiger partial charge in [0.25, 0.3) is 5.91 Å². The summed E-state index contributed by atoms with van der Waals surface area (Å²) in [7, 11) is -3.55. The lowest BCUT2D eigenvalue weighted by molar-refractivity contribution is -0.150. The minimum Gasteiger partial charge on any atom is -0.481 e. The van der Waals surface area contributed by atoms with Crippen molar-refractivity contribution in [1.82, 2.24) is 9.62 Å². The van der Waals surface area contributed by atoms with Gasteiger partial charge in [-0.05, 0) is 49.4 Å². The topological polar surface area (TPSA) is 104 Å². The van der Waals surface area contributed by atoms with E-state index >= 15 is 0 Å². The first-order valence-corrected chi connectivity index (χ1v) is 10.3. The average Bonchev–Trinajstić information content (AvgIpc) is 3.26. The number of nitrogens with zero attached hydrogens (tertiary/aromatic N) is 1. The van der Waals surface area contributed by atoms with Crippen LogP contribution in [-0.4, -0.2) is 49.4 Å². The lowest BCUT2D eigenvalue weighted by Crippen LogP contribution is -2.40. The summed E-state index contributed by atoms with van der Waals surface area (Å²) in [6, 6.07) is 5.83. The molecule has 1 saturated heterocycles. The van der Waals surface area contributed by atoms with Gasteiger partial charge >= 0.3 is 5.97 Å². The van der Waals surface area contributed by atoms with Crippen LogP contribution in [0.5, 0.6) is 0 Å². The van der Waals surface area contributed by atoms with Crippen molar-refractivity contribution in [2.45, 2.75) is 44.0 Å². The van der Waals surface area contributed by atoms with Crippen molar-refractivity contribution in [2.24, 2.45) is 11.3 Å². The van der Waals surface area contributed by atoms with Crippen LogP contribution in [0, 0.1) is 11.3 Å². The van der Waals surface area contributed by atoms with Crippen LogP contribution in [-0.2, 0) is 14.8 Å². The Bertz CT molecular complexity index is 814. The van der Waals surface area contributed by atoms with Gasteiger partial charge in [-0.2, -0.15) is 0 Å². The van der Waals surface area contributed by atoms with E-state index in [0.29, 0.717) is 18.5 Å². The Morgan fingerprint density at radius 1 is 1.23 bits per heavy atom. The molecule has 7 nitrogen and oxygen atoms in total. The van der Waals surface area contributed by atoms with Gasteiger partial charge in [0.1, 0.15) is 0 Å². The molecule has 2 aliphatic rings. The second-order valence-corrected chi connectivity index (χ2v) is 9.23. The largest absolute Gasteiger partial charge is 0.481 e. The summed E-state index contributed by atoms with van der Waals surface area (Å²) in [5, 5.41) is 9.60. The zero-order valence-corrected chi connectivity index (χ0v) is 15.8. The Balaban J connectivity index is 1.74. The molecule has 142 valence electrons. The number of carbonyl (C=O) groups is 2. The highest BCUT2D eigenvalue weighted by molar-refractivity contribution is 7.89. The Kier molecular flexibility index (Phi) is 4.83. The second kappa shape index (κ2) is 6.66. The predicted molar refractivity (Wildman–Crippen MR) is 95.2 cm³/mol. The van der Waals surface area contributed by atoms with Gasteiger partial charge in [0.2, 0.25) is 10.0 Å². The maximum Gasteiger partial charge on any atom is 0.311 e. The first-order valence-electron chi connectivity index (χ1n) is 8.81. The van der Waals surface area contributed by atoms with Crippen molar-refractivity contribution in [2.75, 3.05) is 13.1 Å². The number of aliphatic carboxylic acids is 1. The average molecular weight is 380 g/mol. The summed E-state index contributed by atoms with van der Waals surface area (Å²) in [4.78, 5) is 26.1. The molecular formula is C18H24N2O5S. The Morgan fingerprint density at radius 2 is 1.85 bits per heavy atom. The molecule has 1 aliphatic heterocycles. The van der Waals surface area contributed by atoms with E-state index < -0.39 is 21.4 Å². The van der Waals surface area contributed by atoms with Crippen LogP contribution < -0.4 is 4.72 Å². The Labute approximate surface area is 153 Å². The van der Waals surface area contributed by atoms with E-state index in [2.05, 4.69) is 4.72 Å². The summed E-state index contributed by atoms with van der Waals surface area (Å²) in [5.74, 6) is -1.23. The van der Waals surface area contributed by atoms with Crippen LogP contribution in [0.15, 0.2) is 29.2 Å². The fourth-order valence-corrected chi connectivity index (χ4v) is 4.65. The molecule has 0 radical (unpaired) electrons. The van der Waals surface area contributed by atoms with Gasteiger partial charge in [-0.15, -0.1) is 0 Å². The quantitative estimate of drug-likeness (QED) is 0.782. The SMILES string of the molecule is CC(C)C1(C(=O)O)CCN(C(=O)c2ccc(S(=O)(=O)NC3CC3)cc2)C1. The first-order chi connectivity index (χ1) is 12.2. The van der Waals surface area contributed by atoms with Crippen molar-refractivity contribution in [3.05, 3.63) is 29.8 Å². The third-order valence-electron chi connectivity index (χ3n) is 5.43. The number of nitrogens with one attached hydrogen (secondary N) is 1. The van der Waals surface area contributed by atoms with Gasteiger partial charge < -0.3 is 10.0 Å². The molecule has 1 aliphatic carbocycles. The molecule has 0 bridgehead atoms. The van der Waals surface area contributed by atoms with Gasteiger partial charge in [-0.25, -0.2) is 13.1 Å². The maximum absolute atomic E-state index is 12.7. The molecule has 1 atom stereocenters. The van der Waals surface area contributed by atoms with E-state index in [1.54, 1.807) is 4.90 Å². The fraction of sp³-hybridized carbons (Fsp3) is 0.556. The molecule has 2 N–H and O–H groups in total. The van der Waals surface area contributed by atoms with Crippen molar-refractivity contribution in [3.8, 4) is 0 Å². The summed E-state index contributed by atoms with van der Waals surface area (Å²) in [6.45, 7) is 4.26. The molecule has 2 fully saturated rings. The minimum absolute atomic E-state index is 0.0195. The molecule has 0 spiro atoms. The summed E-state index contributed by atoms with van der Waals surface area (Å²) >= 11 is 0. The highest BCUT2D eigenvalue weighted by Crippen LogP contribution is 2.38. The fourth-order valence-electron chi connectivity index (χ4n) is 3.35. The van der Waals surface area contributed by atoms with Crippen LogP contribution in [0.2, 0.25) is 0 Å². The maximum atomic E-state index is 12.7. The third-order valence-corrected chi connectivity index (χ3v) is 6.97. The molecule has 0 aromatic heterocycles. The number of hydrogen-bond acceptors (Lipinski definition) is 4. The smallest absolute Gasteiger partial charge is 0.311 e. The van der Waals surface area contributed by atoms with Crippen LogP contribution in [0.3, 0.4) is 0 Å². The summed E-state index contributed by atoms with van der Waals surface area (Å²) in [6.07, 6.45) is 2.13. The van der Waals surface area contributed by atoms with E-state index in [9.17, 15) is 23.1 Å². The van der Waals surface area contributed by atoms with E-state index in [1.165, 1.54) is 24.3 Å². The Morgan fingerprint density at radius 3 is 2.31 bits per heavy atom. The molecular weight excluding hydrogens is 356 g/mol. The summed E-state index contributed by atoms with van der Waals surface area (Å²) < 4.78 is 27.0. The van der Waals surface area contributed by atoms with Crippen LogP contribution in [0.1, 0.15) is 43.5 Å². The number of benzene rings is 1. The molecule has 1 aromatic carbocycles. The molecule has 1 aromatic rings. The van der Waals surface area contributed by atoms with E-state index in [0.717, 1.165) is 12.8 Å². The van der Waals surface area contributed by atoms with Gasteiger partial charge in [0.05, 0.1) is 10.3 Å². The van der Waals surface area contributed by atoms with Gasteiger partial charge in [0, 0.05) is 24.7 Å². The van der Waals surface area contributed by atoms with E-state index in [-0.39, 0.29) is 29.3 Å². The highest BCUT2D eigenvalue weighted by atomic mass is 32.2. The Hall–Kier alpha value is -1.93. The van der Waals surface area contributed by atoms with Crippen LogP contribution in [0.4, 0.5) is 0 Å². The van der Waals surface area contributed by atoms with E-state index in [4.69, 9.17) is 0 Å². The van der Waals surface area contributed by atoms with Gasteiger partial charge in [-0.1, -0.05) is 13.8 Å². The highest BCUT2D eigenvalue weighted by Gasteiger charge is 2.48. The standard InChI is InChI=1S/C18H24N2O5S/c1-12(2)18(17(22)23)9-10-20(11-18)16(21)13-3-7-15(8-4-13)26(24,25)19-14-5-6-14/h3-4,7-8,12,14,19H,5-6,9-11H2,1-2H3,(H,22,23). The molecule has 8 heteroatoms. The minimum atomic E-state index is -3.55. The van der Waals surface area contributed by atoms with Crippen molar-refractivity contribution < 1.29 is 23.1 Å². The van der Waals surface area contributed by atoms with Crippen LogP contribution >= 0.6 is 0 Å². The number of rotatable bonds is 6. The monoisotopic (exact) mass is 380 g/mol. The molecule has 1 amide bonds. The molecule has 1 unspecified atom stereocenters. The second-order valence-electron chi connectivity index (χ2n) is 7.51. The predicted octanol–water partition coefficient (Wildman–Crippen LogP) is 1.70. The lowest BCUT2D eigenvalue weighted by atomic mass is 9.76. The number of hydrogen-bond donors (Lipinski definition) is 2. The summed E-state index contributed by atoms with van der Waals surface area (Å²) in [5.41, 5.74) is -0.562. The number of amides is 1. The number of likely N-dealkylation sites (tertiary alicyclic amines) is 1. The van der Waals surface area contributed by atoms with Gasteiger partial charge in [-0.3, -0.25) is 9.59 Å². The van der Waals surface area contributed by atoms with Crippen LogP contribution in [0.25, 0.3) is 0 Å². The third kappa shape index (κ3) is 3.48. The van der Waals surface area contributed by atoms with Crippen molar-refractivity contribution >= 4 is 21.9 Å². The normalized spacial score (nSPS) is 23.4. The van der Waals surface area contributed by atoms with Crippen molar-refractivity contribution in [3.63, 3.8) is 0 Å². The molecule has 3 rings (SSSR count). The zero-order valence-electron chi connectivity index (χ0n) is 14.9. The molecule has 1 heterocycles. The zero-order chi connectivity index (χ0) is 19.1. The van der Waals surface area contributed by atoms with Gasteiger partial charge in [0.15, 0.2) is 0 Å². The molecule has 1 saturated carbocycles. The number of carboxylic acids is 1. The first kappa shape index (κ1) is 18.8. The molecule has 26 heavy (non-hydrogen) atoms. The van der Waals surface area contributed by atoms with Crippen molar-refractivity contribution in [1.29, 1.82) is 0 Å².